The van der Waals surface area contributed by atoms with Gasteiger partial charge in [0.25, 0.3) is 11.8 Å². The summed E-state index contributed by atoms with van der Waals surface area (Å²) in [5.41, 5.74) is 0.730. The van der Waals surface area contributed by atoms with Crippen LogP contribution in [0.15, 0.2) is 48.5 Å². The molecular formula is C19H15NO6. The number of para-hydroxylation sites is 2. The third-order valence-corrected chi connectivity index (χ3v) is 4.21. The second-order valence-electron chi connectivity index (χ2n) is 5.84. The molecule has 2 heterocycles. The molecular weight excluding hydrogens is 338 g/mol. The van der Waals surface area contributed by atoms with Crippen molar-refractivity contribution >= 4 is 17.8 Å². The van der Waals surface area contributed by atoms with Gasteiger partial charge in [-0.2, -0.15) is 0 Å². The van der Waals surface area contributed by atoms with Gasteiger partial charge >= 0.3 is 5.97 Å². The van der Waals surface area contributed by atoms with Crippen LogP contribution in [-0.4, -0.2) is 48.5 Å². The van der Waals surface area contributed by atoms with Crippen molar-refractivity contribution in [1.29, 1.82) is 0 Å². The number of rotatable bonds is 4. The van der Waals surface area contributed by atoms with E-state index in [1.54, 1.807) is 42.5 Å². The molecule has 0 aromatic heterocycles. The van der Waals surface area contributed by atoms with Gasteiger partial charge in [-0.05, 0) is 24.3 Å². The molecule has 0 radical (unpaired) electrons. The first-order valence-electron chi connectivity index (χ1n) is 8.15. The fraction of sp³-hybridized carbons (Fsp3) is 0.211. The molecule has 2 aliphatic heterocycles. The third kappa shape index (κ3) is 2.77. The SMILES string of the molecule is O=C(OCCN1C(=O)c2ccccc2C1=O)C1COc2ccccc2O1. The van der Waals surface area contributed by atoms with Gasteiger partial charge in [-0.3, -0.25) is 14.5 Å². The van der Waals surface area contributed by atoms with Gasteiger partial charge in [0.2, 0.25) is 6.10 Å². The van der Waals surface area contributed by atoms with Crippen molar-refractivity contribution in [3.63, 3.8) is 0 Å². The van der Waals surface area contributed by atoms with Crippen LogP contribution in [0, 0.1) is 0 Å². The molecule has 0 aliphatic carbocycles. The number of esters is 1. The van der Waals surface area contributed by atoms with E-state index < -0.39 is 12.1 Å². The molecule has 7 heteroatoms. The van der Waals surface area contributed by atoms with E-state index in [0.717, 1.165) is 4.90 Å². The summed E-state index contributed by atoms with van der Waals surface area (Å²) in [4.78, 5) is 37.7. The monoisotopic (exact) mass is 353 g/mol. The van der Waals surface area contributed by atoms with Crippen LogP contribution in [0.3, 0.4) is 0 Å². The average Bonchev–Trinajstić information content (AvgIpc) is 2.92. The number of amides is 2. The number of benzene rings is 2. The number of fused-ring (bicyclic) bond motifs is 2. The molecule has 132 valence electrons. The van der Waals surface area contributed by atoms with Crippen molar-refractivity contribution < 1.29 is 28.6 Å². The Morgan fingerprint density at radius 3 is 2.31 bits per heavy atom. The van der Waals surface area contributed by atoms with E-state index in [1.165, 1.54) is 0 Å². The van der Waals surface area contributed by atoms with E-state index in [9.17, 15) is 14.4 Å². The molecule has 0 saturated carbocycles. The van der Waals surface area contributed by atoms with Crippen molar-refractivity contribution in [3.05, 3.63) is 59.7 Å². The number of hydrogen-bond acceptors (Lipinski definition) is 6. The maximum atomic E-state index is 12.2. The summed E-state index contributed by atoms with van der Waals surface area (Å²) < 4.78 is 16.2. The summed E-state index contributed by atoms with van der Waals surface area (Å²) in [6.45, 7) is -0.0725. The molecule has 0 spiro atoms. The number of ether oxygens (including phenoxy) is 3. The third-order valence-electron chi connectivity index (χ3n) is 4.21. The van der Waals surface area contributed by atoms with E-state index in [0.29, 0.717) is 22.6 Å². The molecule has 2 aliphatic rings. The molecule has 2 amide bonds. The highest BCUT2D eigenvalue weighted by molar-refractivity contribution is 6.21. The minimum absolute atomic E-state index is 0.0117. The molecule has 4 rings (SSSR count). The van der Waals surface area contributed by atoms with Crippen molar-refractivity contribution in [2.45, 2.75) is 6.10 Å². The van der Waals surface area contributed by atoms with Gasteiger partial charge in [0.1, 0.15) is 13.2 Å². The zero-order valence-corrected chi connectivity index (χ0v) is 13.7. The summed E-state index contributed by atoms with van der Waals surface area (Å²) in [6.07, 6.45) is -0.882. The van der Waals surface area contributed by atoms with Gasteiger partial charge in [0.15, 0.2) is 11.5 Å². The quantitative estimate of drug-likeness (QED) is 0.614. The molecule has 0 fully saturated rings. The molecule has 2 aromatic rings. The first-order valence-corrected chi connectivity index (χ1v) is 8.15. The zero-order chi connectivity index (χ0) is 18.1. The van der Waals surface area contributed by atoms with E-state index >= 15 is 0 Å². The molecule has 0 bridgehead atoms. The minimum atomic E-state index is -0.882. The highest BCUT2D eigenvalue weighted by Gasteiger charge is 2.35. The van der Waals surface area contributed by atoms with Crippen LogP contribution in [0.4, 0.5) is 0 Å². The standard InChI is InChI=1S/C19H15NO6/c21-17-12-5-1-2-6-13(12)18(22)20(17)9-10-24-19(23)16-11-25-14-7-3-4-8-15(14)26-16/h1-8,16H,9-11H2. The number of imide groups is 1. The van der Waals surface area contributed by atoms with Crippen LogP contribution in [0.25, 0.3) is 0 Å². The Bertz CT molecular complexity index is 858. The first-order chi connectivity index (χ1) is 12.6. The Labute approximate surface area is 149 Å². The first kappa shape index (κ1) is 16.1. The Balaban J connectivity index is 1.33. The highest BCUT2D eigenvalue weighted by atomic mass is 16.6. The molecule has 26 heavy (non-hydrogen) atoms. The lowest BCUT2D eigenvalue weighted by Gasteiger charge is -2.25. The zero-order valence-electron chi connectivity index (χ0n) is 13.7. The van der Waals surface area contributed by atoms with E-state index in [-0.39, 0.29) is 31.6 Å². The summed E-state index contributed by atoms with van der Waals surface area (Å²) in [6, 6.07) is 13.6. The van der Waals surface area contributed by atoms with Crippen LogP contribution < -0.4 is 9.47 Å². The van der Waals surface area contributed by atoms with Gasteiger partial charge in [0.05, 0.1) is 17.7 Å². The van der Waals surface area contributed by atoms with E-state index in [4.69, 9.17) is 14.2 Å². The van der Waals surface area contributed by atoms with Gasteiger partial charge in [-0.1, -0.05) is 24.3 Å². The van der Waals surface area contributed by atoms with Crippen molar-refractivity contribution in [2.24, 2.45) is 0 Å². The van der Waals surface area contributed by atoms with Gasteiger partial charge in [-0.25, -0.2) is 4.79 Å². The number of carbonyl (C=O) groups excluding carboxylic acids is 3. The number of nitrogens with zero attached hydrogens (tertiary/aromatic N) is 1. The fourth-order valence-electron chi connectivity index (χ4n) is 2.91. The number of carbonyl (C=O) groups is 3. The Morgan fingerprint density at radius 1 is 1.00 bits per heavy atom. The number of hydrogen-bond donors (Lipinski definition) is 0. The van der Waals surface area contributed by atoms with Crippen molar-refractivity contribution in [3.8, 4) is 11.5 Å². The molecule has 7 nitrogen and oxygen atoms in total. The van der Waals surface area contributed by atoms with Crippen LogP contribution in [0.2, 0.25) is 0 Å². The summed E-state index contributed by atoms with van der Waals surface area (Å²) in [7, 11) is 0. The molecule has 1 unspecified atom stereocenters. The second kappa shape index (κ2) is 6.51. The molecule has 1 atom stereocenters. The van der Waals surface area contributed by atoms with Crippen LogP contribution >= 0.6 is 0 Å². The summed E-state index contributed by atoms with van der Waals surface area (Å²) >= 11 is 0. The largest absolute Gasteiger partial charge is 0.485 e. The fourth-order valence-corrected chi connectivity index (χ4v) is 2.91. The molecule has 0 N–H and O–H groups in total. The lowest BCUT2D eigenvalue weighted by molar-refractivity contribution is -0.154. The maximum absolute atomic E-state index is 12.2. The Hall–Kier alpha value is -3.35. The maximum Gasteiger partial charge on any atom is 0.351 e. The van der Waals surface area contributed by atoms with Gasteiger partial charge < -0.3 is 14.2 Å². The van der Waals surface area contributed by atoms with Crippen molar-refractivity contribution in [2.75, 3.05) is 19.8 Å². The summed E-state index contributed by atoms with van der Waals surface area (Å²) in [5.74, 6) is -0.319. The van der Waals surface area contributed by atoms with Gasteiger partial charge in [-0.15, -0.1) is 0 Å². The minimum Gasteiger partial charge on any atom is -0.485 e. The average molecular weight is 353 g/mol. The van der Waals surface area contributed by atoms with E-state index in [1.807, 2.05) is 6.07 Å². The molecule has 0 saturated heterocycles. The predicted molar refractivity (Wildman–Crippen MR) is 89.1 cm³/mol. The predicted octanol–water partition coefficient (Wildman–Crippen LogP) is 1.67. The van der Waals surface area contributed by atoms with E-state index in [2.05, 4.69) is 0 Å². The van der Waals surface area contributed by atoms with Crippen molar-refractivity contribution in [1.82, 2.24) is 4.90 Å². The smallest absolute Gasteiger partial charge is 0.351 e. The topological polar surface area (TPSA) is 82.1 Å². The second-order valence-corrected chi connectivity index (χ2v) is 5.84. The van der Waals surface area contributed by atoms with Crippen LogP contribution in [-0.2, 0) is 9.53 Å². The Kier molecular flexibility index (Phi) is 4.04. The highest BCUT2D eigenvalue weighted by Crippen LogP contribution is 2.31. The van der Waals surface area contributed by atoms with Crippen LogP contribution in [0.5, 0.6) is 11.5 Å². The Morgan fingerprint density at radius 2 is 1.62 bits per heavy atom. The normalized spacial score (nSPS) is 17.8. The van der Waals surface area contributed by atoms with Gasteiger partial charge in [0, 0.05) is 0 Å². The van der Waals surface area contributed by atoms with Crippen LogP contribution in [0.1, 0.15) is 20.7 Å². The summed E-state index contributed by atoms with van der Waals surface area (Å²) in [5, 5.41) is 0. The molecule has 2 aromatic carbocycles. The lowest BCUT2D eigenvalue weighted by Crippen LogP contribution is -2.39. The lowest BCUT2D eigenvalue weighted by atomic mass is 10.1.